The number of hydrogen-bond donors (Lipinski definition) is 3. The highest BCUT2D eigenvalue weighted by molar-refractivity contribution is 7.85. The zero-order valence-electron chi connectivity index (χ0n) is 11.8. The summed E-state index contributed by atoms with van der Waals surface area (Å²) in [4.78, 5) is 1.69. The smallest absolute Gasteiger partial charge is 0.266 e. The van der Waals surface area contributed by atoms with Gasteiger partial charge in [-0.25, -0.2) is 0 Å². The Morgan fingerprint density at radius 1 is 1.00 bits per heavy atom. The van der Waals surface area contributed by atoms with Gasteiger partial charge in [-0.1, -0.05) is 26.7 Å². The van der Waals surface area contributed by atoms with E-state index < -0.39 is 22.3 Å². The van der Waals surface area contributed by atoms with Gasteiger partial charge in [-0.2, -0.15) is 8.42 Å². The number of rotatable bonds is 11. The van der Waals surface area contributed by atoms with Crippen LogP contribution in [-0.2, 0) is 10.1 Å². The Hall–Kier alpha value is -0.210. The van der Waals surface area contributed by atoms with E-state index in [1.54, 1.807) is 4.90 Å². The molecule has 7 heteroatoms. The van der Waals surface area contributed by atoms with E-state index in [1.165, 1.54) is 0 Å². The highest BCUT2D eigenvalue weighted by Gasteiger charge is 2.17. The normalized spacial score (nSPS) is 15.7. The molecule has 0 aromatic heterocycles. The van der Waals surface area contributed by atoms with Gasteiger partial charge in [0.15, 0.2) is 0 Å². The van der Waals surface area contributed by atoms with Gasteiger partial charge in [-0.3, -0.25) is 9.45 Å². The van der Waals surface area contributed by atoms with Gasteiger partial charge in [0.05, 0.1) is 18.0 Å². The van der Waals surface area contributed by atoms with E-state index in [0.717, 1.165) is 12.8 Å². The van der Waals surface area contributed by atoms with Crippen molar-refractivity contribution in [1.82, 2.24) is 4.90 Å². The van der Waals surface area contributed by atoms with Gasteiger partial charge in [0.1, 0.15) is 0 Å². The second kappa shape index (κ2) is 9.66. The molecule has 0 saturated heterocycles. The first-order valence-electron chi connectivity index (χ1n) is 6.82. The van der Waals surface area contributed by atoms with Crippen molar-refractivity contribution in [2.24, 2.45) is 0 Å². The highest BCUT2D eigenvalue weighted by atomic mass is 32.2. The number of nitrogens with zero attached hydrogens (tertiary/aromatic N) is 1. The van der Waals surface area contributed by atoms with E-state index in [0.29, 0.717) is 25.9 Å². The van der Waals surface area contributed by atoms with E-state index in [9.17, 15) is 18.6 Å². The van der Waals surface area contributed by atoms with Gasteiger partial charge in [0, 0.05) is 19.6 Å². The highest BCUT2D eigenvalue weighted by Crippen LogP contribution is 2.05. The van der Waals surface area contributed by atoms with E-state index in [2.05, 4.69) is 0 Å². The molecule has 2 atom stereocenters. The summed E-state index contributed by atoms with van der Waals surface area (Å²) in [5.74, 6) is -0.384. The third kappa shape index (κ3) is 11.3. The largest absolute Gasteiger partial charge is 0.392 e. The van der Waals surface area contributed by atoms with E-state index in [1.807, 2.05) is 13.8 Å². The minimum absolute atomic E-state index is 0.111. The predicted octanol–water partition coefficient (Wildman–Crippen LogP) is 0.498. The van der Waals surface area contributed by atoms with Crippen LogP contribution in [0, 0.1) is 0 Å². The maximum absolute atomic E-state index is 10.8. The second-order valence-corrected chi connectivity index (χ2v) is 6.50. The minimum atomic E-state index is -4.02. The molecule has 0 aliphatic rings. The van der Waals surface area contributed by atoms with Gasteiger partial charge >= 0.3 is 0 Å². The van der Waals surface area contributed by atoms with Crippen LogP contribution >= 0.6 is 0 Å². The lowest BCUT2D eigenvalue weighted by Gasteiger charge is -2.26. The van der Waals surface area contributed by atoms with Crippen LogP contribution in [0.1, 0.15) is 39.5 Å². The van der Waals surface area contributed by atoms with Gasteiger partial charge in [0.25, 0.3) is 10.1 Å². The molecule has 0 heterocycles. The summed E-state index contributed by atoms with van der Waals surface area (Å²) in [7, 11) is -4.02. The monoisotopic (exact) mass is 297 g/mol. The lowest BCUT2D eigenvalue weighted by atomic mass is 10.1. The Morgan fingerprint density at radius 3 is 1.74 bits per heavy atom. The molecular weight excluding hydrogens is 270 g/mol. The molecule has 0 aromatic rings. The quantitative estimate of drug-likeness (QED) is 0.480. The maximum Gasteiger partial charge on any atom is 0.266 e. The first-order chi connectivity index (χ1) is 8.78. The van der Waals surface area contributed by atoms with Crippen molar-refractivity contribution < 1.29 is 23.2 Å². The van der Waals surface area contributed by atoms with Crippen LogP contribution in [0.4, 0.5) is 0 Å². The third-order valence-corrected chi connectivity index (χ3v) is 3.55. The van der Waals surface area contributed by atoms with Crippen molar-refractivity contribution in [1.29, 1.82) is 0 Å². The summed E-state index contributed by atoms with van der Waals surface area (Å²) in [6, 6.07) is 0. The molecule has 0 bridgehead atoms. The molecule has 0 saturated carbocycles. The van der Waals surface area contributed by atoms with Crippen LogP contribution in [0.25, 0.3) is 0 Å². The molecule has 0 amide bonds. The van der Waals surface area contributed by atoms with Crippen molar-refractivity contribution >= 4 is 10.1 Å². The topological polar surface area (TPSA) is 98.1 Å². The van der Waals surface area contributed by atoms with Crippen LogP contribution in [0.2, 0.25) is 0 Å². The fourth-order valence-corrected chi connectivity index (χ4v) is 2.44. The van der Waals surface area contributed by atoms with Crippen LogP contribution in [0.15, 0.2) is 0 Å². The zero-order valence-corrected chi connectivity index (χ0v) is 12.6. The zero-order chi connectivity index (χ0) is 14.9. The SMILES string of the molecule is CCCC(O)CN(CCS(=O)(=O)O)CC(O)CCC. The molecule has 3 N–H and O–H groups in total. The number of aliphatic hydroxyl groups is 2. The van der Waals surface area contributed by atoms with Crippen molar-refractivity contribution in [2.75, 3.05) is 25.4 Å². The average Bonchev–Trinajstić information content (AvgIpc) is 2.25. The molecule has 0 rings (SSSR count). The fraction of sp³-hybridized carbons (Fsp3) is 1.00. The molecule has 116 valence electrons. The summed E-state index contributed by atoms with van der Waals surface area (Å²) in [6.07, 6.45) is 1.86. The Bertz CT molecular complexity index is 306. The van der Waals surface area contributed by atoms with Gasteiger partial charge < -0.3 is 10.2 Å². The van der Waals surface area contributed by atoms with Crippen LogP contribution in [-0.4, -0.2) is 65.7 Å². The predicted molar refractivity (Wildman–Crippen MR) is 74.7 cm³/mol. The molecule has 0 aromatic carbocycles. The number of hydrogen-bond acceptors (Lipinski definition) is 5. The summed E-state index contributed by atoms with van der Waals surface area (Å²) in [5.41, 5.74) is 0. The molecule has 0 spiro atoms. The Kier molecular flexibility index (Phi) is 9.55. The van der Waals surface area contributed by atoms with Crippen molar-refractivity contribution in [3.63, 3.8) is 0 Å². The lowest BCUT2D eigenvalue weighted by Crippen LogP contribution is -2.40. The summed E-state index contributed by atoms with van der Waals surface area (Å²) < 4.78 is 30.3. The van der Waals surface area contributed by atoms with Crippen molar-refractivity contribution in [3.8, 4) is 0 Å². The Morgan fingerprint density at radius 2 is 1.42 bits per heavy atom. The van der Waals surface area contributed by atoms with E-state index >= 15 is 0 Å². The third-order valence-electron chi connectivity index (χ3n) is 2.85. The summed E-state index contributed by atoms with van der Waals surface area (Å²) in [5, 5.41) is 19.5. The Balaban J connectivity index is 4.36. The van der Waals surface area contributed by atoms with Crippen LogP contribution in [0.3, 0.4) is 0 Å². The molecule has 2 unspecified atom stereocenters. The van der Waals surface area contributed by atoms with Crippen molar-refractivity contribution in [2.45, 2.75) is 51.7 Å². The summed E-state index contributed by atoms with van der Waals surface area (Å²) in [6.45, 7) is 4.64. The molecule has 0 aliphatic carbocycles. The molecule has 0 aliphatic heterocycles. The number of aliphatic hydroxyl groups excluding tert-OH is 2. The lowest BCUT2D eigenvalue weighted by molar-refractivity contribution is 0.0650. The first kappa shape index (κ1) is 18.8. The van der Waals surface area contributed by atoms with Gasteiger partial charge in [-0.05, 0) is 12.8 Å². The summed E-state index contributed by atoms with van der Waals surface area (Å²) >= 11 is 0. The molecule has 6 nitrogen and oxygen atoms in total. The van der Waals surface area contributed by atoms with Crippen LogP contribution < -0.4 is 0 Å². The first-order valence-corrected chi connectivity index (χ1v) is 8.43. The Labute approximate surface area is 116 Å². The van der Waals surface area contributed by atoms with Crippen LogP contribution in [0.5, 0.6) is 0 Å². The minimum Gasteiger partial charge on any atom is -0.392 e. The van der Waals surface area contributed by atoms with Crippen molar-refractivity contribution in [3.05, 3.63) is 0 Å². The average molecular weight is 297 g/mol. The second-order valence-electron chi connectivity index (χ2n) is 4.93. The molecule has 0 radical (unpaired) electrons. The maximum atomic E-state index is 10.8. The fourth-order valence-electron chi connectivity index (χ4n) is 1.95. The standard InChI is InChI=1S/C12H27NO5S/c1-3-5-11(14)9-13(7-8-19(16,17)18)10-12(15)6-4-2/h11-12,14-15H,3-10H2,1-2H3,(H,16,17,18). The van der Waals surface area contributed by atoms with Gasteiger partial charge in [0.2, 0.25) is 0 Å². The molecule has 0 fully saturated rings. The van der Waals surface area contributed by atoms with E-state index in [4.69, 9.17) is 4.55 Å². The van der Waals surface area contributed by atoms with E-state index in [-0.39, 0.29) is 12.3 Å². The molecular formula is C12H27NO5S. The molecule has 19 heavy (non-hydrogen) atoms. The van der Waals surface area contributed by atoms with Gasteiger partial charge in [-0.15, -0.1) is 0 Å².